The van der Waals surface area contributed by atoms with Crippen molar-refractivity contribution in [1.82, 2.24) is 14.8 Å². The first-order chi connectivity index (χ1) is 6.75. The van der Waals surface area contributed by atoms with Gasteiger partial charge in [-0.2, -0.15) is 0 Å². The molecule has 0 radical (unpaired) electrons. The van der Waals surface area contributed by atoms with E-state index >= 15 is 0 Å². The fraction of sp³-hybridized carbons (Fsp3) is 0.800. The van der Waals surface area contributed by atoms with E-state index in [1.807, 2.05) is 11.6 Å². The molecule has 0 bridgehead atoms. The van der Waals surface area contributed by atoms with Gasteiger partial charge in [-0.1, -0.05) is 0 Å². The predicted octanol–water partition coefficient (Wildman–Crippen LogP) is 0.875. The largest absolute Gasteiger partial charge is 0.328 e. The van der Waals surface area contributed by atoms with Crippen molar-refractivity contribution in [3.05, 3.63) is 12.2 Å². The second-order valence-corrected chi connectivity index (χ2v) is 4.34. The van der Waals surface area contributed by atoms with Crippen LogP contribution in [0.1, 0.15) is 31.5 Å². The summed E-state index contributed by atoms with van der Waals surface area (Å²) in [4.78, 5) is 0. The number of aryl methyl sites for hydroxylation is 1. The monoisotopic (exact) mass is 194 g/mol. The first-order valence-electron chi connectivity index (χ1n) is 5.34. The Bertz CT molecular complexity index is 286. The average molecular weight is 194 g/mol. The number of nitrogens with zero attached hydrogens (tertiary/aromatic N) is 3. The zero-order valence-electron chi connectivity index (χ0n) is 8.69. The van der Waals surface area contributed by atoms with Crippen molar-refractivity contribution >= 4 is 0 Å². The Kier molecular flexibility index (Phi) is 2.82. The summed E-state index contributed by atoms with van der Waals surface area (Å²) in [6.45, 7) is 0. The van der Waals surface area contributed by atoms with Crippen LogP contribution in [0.15, 0.2) is 6.33 Å². The number of aromatic nitrogens is 3. The van der Waals surface area contributed by atoms with Crippen LogP contribution in [-0.2, 0) is 13.5 Å². The van der Waals surface area contributed by atoms with E-state index in [1.165, 1.54) is 25.7 Å². The molecule has 1 saturated carbocycles. The highest BCUT2D eigenvalue weighted by Gasteiger charge is 2.20. The molecule has 4 nitrogen and oxygen atoms in total. The van der Waals surface area contributed by atoms with Crippen LogP contribution in [0.3, 0.4) is 0 Å². The van der Waals surface area contributed by atoms with Gasteiger partial charge in [-0.3, -0.25) is 0 Å². The summed E-state index contributed by atoms with van der Waals surface area (Å²) in [7, 11) is 2.00. The molecule has 1 heterocycles. The van der Waals surface area contributed by atoms with Gasteiger partial charge in [-0.25, -0.2) is 0 Å². The third-order valence-corrected chi connectivity index (χ3v) is 3.17. The van der Waals surface area contributed by atoms with Gasteiger partial charge in [0.05, 0.1) is 0 Å². The molecule has 0 atom stereocenters. The maximum Gasteiger partial charge on any atom is 0.132 e. The molecule has 0 spiro atoms. The molecule has 1 aromatic rings. The van der Waals surface area contributed by atoms with Crippen molar-refractivity contribution in [1.29, 1.82) is 0 Å². The van der Waals surface area contributed by atoms with E-state index in [2.05, 4.69) is 10.2 Å². The van der Waals surface area contributed by atoms with Crippen molar-refractivity contribution in [2.45, 2.75) is 38.1 Å². The maximum atomic E-state index is 5.87. The first kappa shape index (κ1) is 9.65. The van der Waals surface area contributed by atoms with E-state index in [-0.39, 0.29) is 0 Å². The highest BCUT2D eigenvalue weighted by molar-refractivity contribution is 4.89. The molecule has 0 unspecified atom stereocenters. The van der Waals surface area contributed by atoms with Gasteiger partial charge in [0, 0.05) is 19.5 Å². The molecule has 0 aromatic carbocycles. The summed E-state index contributed by atoms with van der Waals surface area (Å²) in [5, 5.41) is 8.00. The van der Waals surface area contributed by atoms with Crippen LogP contribution in [0, 0.1) is 5.92 Å². The number of nitrogens with two attached hydrogens (primary N) is 1. The topological polar surface area (TPSA) is 56.7 Å². The molecule has 1 aromatic heterocycles. The van der Waals surface area contributed by atoms with Gasteiger partial charge in [-0.15, -0.1) is 10.2 Å². The summed E-state index contributed by atoms with van der Waals surface area (Å²) in [6, 6.07) is 0.436. The van der Waals surface area contributed by atoms with E-state index in [4.69, 9.17) is 5.73 Å². The van der Waals surface area contributed by atoms with Crippen molar-refractivity contribution < 1.29 is 0 Å². The fourth-order valence-corrected chi connectivity index (χ4v) is 2.14. The molecule has 78 valence electrons. The van der Waals surface area contributed by atoms with Crippen molar-refractivity contribution in [3.63, 3.8) is 0 Å². The van der Waals surface area contributed by atoms with Gasteiger partial charge < -0.3 is 10.3 Å². The Balaban J connectivity index is 1.89. The van der Waals surface area contributed by atoms with Crippen LogP contribution < -0.4 is 5.73 Å². The minimum atomic E-state index is 0.436. The molecule has 0 aliphatic heterocycles. The lowest BCUT2D eigenvalue weighted by Gasteiger charge is -2.25. The first-order valence-corrected chi connectivity index (χ1v) is 5.34. The van der Waals surface area contributed by atoms with Crippen molar-refractivity contribution in [3.8, 4) is 0 Å². The molecule has 0 saturated heterocycles. The highest BCUT2D eigenvalue weighted by atomic mass is 15.2. The highest BCUT2D eigenvalue weighted by Crippen LogP contribution is 2.25. The van der Waals surface area contributed by atoms with Crippen molar-refractivity contribution in [2.75, 3.05) is 0 Å². The number of rotatable bonds is 2. The van der Waals surface area contributed by atoms with Crippen LogP contribution in [0.5, 0.6) is 0 Å². The minimum Gasteiger partial charge on any atom is -0.328 e. The second-order valence-electron chi connectivity index (χ2n) is 4.34. The summed E-state index contributed by atoms with van der Waals surface area (Å²) in [6.07, 6.45) is 7.65. The normalized spacial score (nSPS) is 27.9. The summed E-state index contributed by atoms with van der Waals surface area (Å²) in [5.41, 5.74) is 5.87. The lowest BCUT2D eigenvalue weighted by Crippen LogP contribution is -2.27. The average Bonchev–Trinajstić information content (AvgIpc) is 2.56. The van der Waals surface area contributed by atoms with Crippen LogP contribution in [0.4, 0.5) is 0 Å². The zero-order chi connectivity index (χ0) is 9.97. The van der Waals surface area contributed by atoms with Crippen molar-refractivity contribution in [2.24, 2.45) is 18.7 Å². The molecular formula is C10H18N4. The molecule has 14 heavy (non-hydrogen) atoms. The summed E-state index contributed by atoms with van der Waals surface area (Å²) in [5.74, 6) is 1.86. The minimum absolute atomic E-state index is 0.436. The Morgan fingerprint density at radius 3 is 2.71 bits per heavy atom. The zero-order valence-corrected chi connectivity index (χ0v) is 8.69. The fourth-order valence-electron chi connectivity index (χ4n) is 2.14. The van der Waals surface area contributed by atoms with E-state index in [0.29, 0.717) is 6.04 Å². The quantitative estimate of drug-likeness (QED) is 0.760. The van der Waals surface area contributed by atoms with Gasteiger partial charge in [-0.05, 0) is 31.6 Å². The van der Waals surface area contributed by atoms with Gasteiger partial charge in [0.15, 0.2) is 0 Å². The molecule has 4 heteroatoms. The third-order valence-electron chi connectivity index (χ3n) is 3.17. The second kappa shape index (κ2) is 4.09. The van der Waals surface area contributed by atoms with E-state index in [9.17, 15) is 0 Å². The SMILES string of the molecule is Cn1cnnc1CC1CCC(N)CC1. The van der Waals surface area contributed by atoms with Gasteiger partial charge in [0.2, 0.25) is 0 Å². The Hall–Kier alpha value is -0.900. The van der Waals surface area contributed by atoms with Crippen LogP contribution >= 0.6 is 0 Å². The van der Waals surface area contributed by atoms with Gasteiger partial charge >= 0.3 is 0 Å². The smallest absolute Gasteiger partial charge is 0.132 e. The third kappa shape index (κ3) is 2.12. The maximum absolute atomic E-state index is 5.87. The lowest BCUT2D eigenvalue weighted by atomic mass is 9.84. The predicted molar refractivity (Wildman–Crippen MR) is 54.6 cm³/mol. The number of hydrogen-bond donors (Lipinski definition) is 1. The Morgan fingerprint density at radius 1 is 1.43 bits per heavy atom. The van der Waals surface area contributed by atoms with Crippen LogP contribution in [0.2, 0.25) is 0 Å². The Labute approximate surface area is 84.5 Å². The molecule has 0 amide bonds. The number of hydrogen-bond acceptors (Lipinski definition) is 3. The van der Waals surface area contributed by atoms with E-state index in [1.54, 1.807) is 6.33 Å². The standard InChI is InChI=1S/C10H18N4/c1-14-7-12-13-10(14)6-8-2-4-9(11)5-3-8/h7-9H,2-6,11H2,1H3. The molecule has 1 aliphatic rings. The molecular weight excluding hydrogens is 176 g/mol. The molecule has 2 N–H and O–H groups in total. The molecule has 2 rings (SSSR count). The van der Waals surface area contributed by atoms with Crippen LogP contribution in [0.25, 0.3) is 0 Å². The molecule has 1 fully saturated rings. The molecule has 1 aliphatic carbocycles. The van der Waals surface area contributed by atoms with Gasteiger partial charge in [0.25, 0.3) is 0 Å². The summed E-state index contributed by atoms with van der Waals surface area (Å²) < 4.78 is 2.01. The summed E-state index contributed by atoms with van der Waals surface area (Å²) >= 11 is 0. The van der Waals surface area contributed by atoms with E-state index in [0.717, 1.165) is 18.2 Å². The van der Waals surface area contributed by atoms with E-state index < -0.39 is 0 Å². The lowest BCUT2D eigenvalue weighted by molar-refractivity contribution is 0.319. The Morgan fingerprint density at radius 2 is 2.14 bits per heavy atom. The van der Waals surface area contributed by atoms with Gasteiger partial charge in [0.1, 0.15) is 12.2 Å². The van der Waals surface area contributed by atoms with Crippen LogP contribution in [-0.4, -0.2) is 20.8 Å².